The first-order valence-corrected chi connectivity index (χ1v) is 6.92. The van der Waals surface area contributed by atoms with Crippen molar-refractivity contribution in [3.05, 3.63) is 34.4 Å². The van der Waals surface area contributed by atoms with Gasteiger partial charge < -0.3 is 4.74 Å². The van der Waals surface area contributed by atoms with Crippen molar-refractivity contribution in [1.29, 1.82) is 0 Å². The second-order valence-electron chi connectivity index (χ2n) is 4.52. The predicted molar refractivity (Wildman–Crippen MR) is 74.1 cm³/mol. The fourth-order valence-corrected chi connectivity index (χ4v) is 2.87. The number of hydrogen-bond acceptors (Lipinski definition) is 3. The highest BCUT2D eigenvalue weighted by atomic mass is 79.9. The van der Waals surface area contributed by atoms with Crippen molar-refractivity contribution in [1.82, 2.24) is 4.57 Å². The molecule has 1 aromatic heterocycles. The molecule has 1 aliphatic heterocycles. The zero-order valence-electron chi connectivity index (χ0n) is 10.4. The fourth-order valence-electron chi connectivity index (χ4n) is 2.52. The minimum absolute atomic E-state index is 0.193. The summed E-state index contributed by atoms with van der Waals surface area (Å²) in [6.07, 6.45) is 0.421. The van der Waals surface area contributed by atoms with E-state index in [1.807, 2.05) is 24.3 Å². The van der Waals surface area contributed by atoms with E-state index >= 15 is 0 Å². The SMILES string of the molecule is CCOC(=O)C1Cc2cc3ccc(Br)cc3n2C1=O. The van der Waals surface area contributed by atoms with Gasteiger partial charge in [0, 0.05) is 22.0 Å². The van der Waals surface area contributed by atoms with Gasteiger partial charge >= 0.3 is 5.97 Å². The molecule has 2 heterocycles. The monoisotopic (exact) mass is 321 g/mol. The first-order chi connectivity index (χ1) is 9.11. The summed E-state index contributed by atoms with van der Waals surface area (Å²) in [7, 11) is 0. The lowest BCUT2D eigenvalue weighted by Gasteiger charge is -2.07. The summed E-state index contributed by atoms with van der Waals surface area (Å²) in [5, 5.41) is 1.01. The van der Waals surface area contributed by atoms with Crippen LogP contribution in [0.3, 0.4) is 0 Å². The molecular formula is C14H12BrNO3. The number of benzene rings is 1. The maximum absolute atomic E-state index is 12.3. The molecule has 0 aliphatic carbocycles. The molecule has 5 heteroatoms. The van der Waals surface area contributed by atoms with Crippen LogP contribution in [0.25, 0.3) is 10.9 Å². The van der Waals surface area contributed by atoms with Crippen molar-refractivity contribution < 1.29 is 14.3 Å². The third-order valence-electron chi connectivity index (χ3n) is 3.35. The fraction of sp³-hybridized carbons (Fsp3) is 0.286. The van der Waals surface area contributed by atoms with Crippen LogP contribution in [0.5, 0.6) is 0 Å². The number of ether oxygens (including phenoxy) is 1. The van der Waals surface area contributed by atoms with Crippen LogP contribution in [0.1, 0.15) is 17.4 Å². The molecule has 2 aromatic rings. The van der Waals surface area contributed by atoms with E-state index in [1.54, 1.807) is 11.5 Å². The van der Waals surface area contributed by atoms with E-state index in [2.05, 4.69) is 15.9 Å². The summed E-state index contributed by atoms with van der Waals surface area (Å²) >= 11 is 3.40. The Morgan fingerprint density at radius 1 is 1.47 bits per heavy atom. The molecule has 1 aliphatic rings. The second-order valence-corrected chi connectivity index (χ2v) is 5.44. The van der Waals surface area contributed by atoms with Gasteiger partial charge in [-0.2, -0.15) is 0 Å². The van der Waals surface area contributed by atoms with Crippen molar-refractivity contribution in [2.75, 3.05) is 6.61 Å². The van der Waals surface area contributed by atoms with Crippen molar-refractivity contribution >= 4 is 38.7 Å². The van der Waals surface area contributed by atoms with Gasteiger partial charge in [0.05, 0.1) is 12.1 Å². The van der Waals surface area contributed by atoms with Crippen molar-refractivity contribution in [2.24, 2.45) is 5.92 Å². The van der Waals surface area contributed by atoms with E-state index in [-0.39, 0.29) is 5.91 Å². The Kier molecular flexibility index (Phi) is 2.93. The maximum Gasteiger partial charge on any atom is 0.318 e. The van der Waals surface area contributed by atoms with E-state index in [4.69, 9.17) is 4.74 Å². The highest BCUT2D eigenvalue weighted by molar-refractivity contribution is 9.10. The minimum Gasteiger partial charge on any atom is -0.465 e. The summed E-state index contributed by atoms with van der Waals surface area (Å²) in [4.78, 5) is 24.1. The predicted octanol–water partition coefficient (Wildman–Crippen LogP) is 2.78. The largest absolute Gasteiger partial charge is 0.465 e. The van der Waals surface area contributed by atoms with Crippen LogP contribution in [0, 0.1) is 5.92 Å². The van der Waals surface area contributed by atoms with Gasteiger partial charge in [-0.25, -0.2) is 0 Å². The van der Waals surface area contributed by atoms with Crippen LogP contribution in [0.4, 0.5) is 0 Å². The van der Waals surface area contributed by atoms with Gasteiger partial charge in [0.1, 0.15) is 5.92 Å². The minimum atomic E-state index is -0.696. The number of hydrogen-bond donors (Lipinski definition) is 0. The number of aromatic nitrogens is 1. The van der Waals surface area contributed by atoms with Gasteiger partial charge in [-0.1, -0.05) is 22.0 Å². The lowest BCUT2D eigenvalue weighted by Crippen LogP contribution is -2.25. The molecule has 0 spiro atoms. The molecule has 1 unspecified atom stereocenters. The Morgan fingerprint density at radius 2 is 2.26 bits per heavy atom. The zero-order chi connectivity index (χ0) is 13.6. The van der Waals surface area contributed by atoms with E-state index in [1.165, 1.54) is 0 Å². The van der Waals surface area contributed by atoms with Crippen LogP contribution >= 0.6 is 15.9 Å². The number of rotatable bonds is 2. The normalized spacial score (nSPS) is 17.8. The first-order valence-electron chi connectivity index (χ1n) is 6.12. The maximum atomic E-state index is 12.3. The average molecular weight is 322 g/mol. The third-order valence-corrected chi connectivity index (χ3v) is 3.84. The summed E-state index contributed by atoms with van der Waals surface area (Å²) < 4.78 is 7.49. The summed E-state index contributed by atoms with van der Waals surface area (Å²) in [5.74, 6) is -1.32. The Morgan fingerprint density at radius 3 is 3.00 bits per heavy atom. The molecule has 1 aromatic carbocycles. The molecule has 98 valence electrons. The molecule has 0 N–H and O–H groups in total. The molecule has 19 heavy (non-hydrogen) atoms. The number of halogens is 1. The average Bonchev–Trinajstić information content (AvgIpc) is 2.87. The van der Waals surface area contributed by atoms with Crippen LogP contribution in [0.2, 0.25) is 0 Å². The second kappa shape index (κ2) is 4.49. The standard InChI is InChI=1S/C14H12BrNO3/c1-2-19-14(18)11-7-10-5-8-3-4-9(15)6-12(8)16(10)13(11)17/h3-6,11H,2,7H2,1H3. The molecule has 0 amide bonds. The van der Waals surface area contributed by atoms with E-state index < -0.39 is 11.9 Å². The zero-order valence-corrected chi connectivity index (χ0v) is 11.9. The van der Waals surface area contributed by atoms with Crippen molar-refractivity contribution in [3.63, 3.8) is 0 Å². The summed E-state index contributed by atoms with van der Waals surface area (Å²) in [6, 6.07) is 7.74. The van der Waals surface area contributed by atoms with Crippen LogP contribution < -0.4 is 0 Å². The molecule has 0 saturated carbocycles. The van der Waals surface area contributed by atoms with Crippen molar-refractivity contribution in [2.45, 2.75) is 13.3 Å². The lowest BCUT2D eigenvalue weighted by molar-refractivity contribution is -0.146. The molecule has 4 nitrogen and oxygen atoms in total. The first kappa shape index (κ1) is 12.4. The van der Waals surface area contributed by atoms with Gasteiger partial charge in [-0.05, 0) is 25.1 Å². The van der Waals surface area contributed by atoms with E-state index in [9.17, 15) is 9.59 Å². The Balaban J connectivity index is 2.05. The van der Waals surface area contributed by atoms with Gasteiger partial charge in [0.15, 0.2) is 0 Å². The molecule has 0 bridgehead atoms. The lowest BCUT2D eigenvalue weighted by atomic mass is 10.1. The van der Waals surface area contributed by atoms with Gasteiger partial charge in [-0.15, -0.1) is 0 Å². The smallest absolute Gasteiger partial charge is 0.318 e. The number of carbonyl (C=O) groups is 2. The molecule has 0 radical (unpaired) electrons. The molecule has 3 rings (SSSR count). The topological polar surface area (TPSA) is 48.3 Å². The van der Waals surface area contributed by atoms with Crippen LogP contribution in [0.15, 0.2) is 28.7 Å². The van der Waals surface area contributed by atoms with Gasteiger partial charge in [0.25, 0.3) is 0 Å². The molecule has 0 saturated heterocycles. The Labute approximate surface area is 118 Å². The van der Waals surface area contributed by atoms with Crippen molar-refractivity contribution in [3.8, 4) is 0 Å². The third kappa shape index (κ3) is 1.89. The highest BCUT2D eigenvalue weighted by Crippen LogP contribution is 2.31. The van der Waals surface area contributed by atoms with Gasteiger partial charge in [0.2, 0.25) is 5.91 Å². The molecule has 1 atom stereocenters. The summed E-state index contributed by atoms with van der Waals surface area (Å²) in [5.41, 5.74) is 1.71. The number of esters is 1. The number of carbonyl (C=O) groups excluding carboxylic acids is 2. The number of fused-ring (bicyclic) bond motifs is 3. The Hall–Kier alpha value is -1.62. The quantitative estimate of drug-likeness (QED) is 0.631. The van der Waals surface area contributed by atoms with Gasteiger partial charge in [-0.3, -0.25) is 14.2 Å². The Bertz CT molecular complexity index is 689. The number of nitrogens with zero attached hydrogens (tertiary/aromatic N) is 1. The molecule has 0 fully saturated rings. The summed E-state index contributed by atoms with van der Waals surface area (Å²) in [6.45, 7) is 2.04. The van der Waals surface area contributed by atoms with Crippen LogP contribution in [-0.2, 0) is 16.0 Å². The van der Waals surface area contributed by atoms with E-state index in [0.29, 0.717) is 13.0 Å². The molecular weight excluding hydrogens is 310 g/mol. The van der Waals surface area contributed by atoms with E-state index in [0.717, 1.165) is 21.1 Å². The highest BCUT2D eigenvalue weighted by Gasteiger charge is 2.38. The van der Waals surface area contributed by atoms with Crippen LogP contribution in [-0.4, -0.2) is 23.1 Å².